The zero-order valence-corrected chi connectivity index (χ0v) is 16.8. The number of amides is 2. The van der Waals surface area contributed by atoms with Gasteiger partial charge in [0.1, 0.15) is 18.2 Å². The average molecular weight is 433 g/mol. The molecule has 3 aliphatic rings. The molecule has 0 saturated carbocycles. The molecule has 1 aromatic heterocycles. The van der Waals surface area contributed by atoms with Crippen LogP contribution < -0.4 is 0 Å². The van der Waals surface area contributed by atoms with Crippen LogP contribution in [-0.4, -0.2) is 57.1 Å². The van der Waals surface area contributed by atoms with E-state index in [1.54, 1.807) is 17.9 Å². The molecule has 3 atom stereocenters. The number of fused-ring (bicyclic) bond motifs is 4. The number of carbonyl (C=O) groups excluding carboxylic acids is 1. The monoisotopic (exact) mass is 433 g/mol. The SMILES string of the molecule is Cn1ncc2c1[C@@H](C1=NOC(Cc3ccccc3)C1)N1C[C@H]2N(OS(=O)(=O)O)C1=O. The van der Waals surface area contributed by atoms with Gasteiger partial charge in [-0.2, -0.15) is 18.6 Å². The maximum atomic E-state index is 12.9. The van der Waals surface area contributed by atoms with Gasteiger partial charge in [-0.1, -0.05) is 35.5 Å². The van der Waals surface area contributed by atoms with Gasteiger partial charge >= 0.3 is 16.4 Å². The van der Waals surface area contributed by atoms with E-state index in [1.807, 2.05) is 30.3 Å². The van der Waals surface area contributed by atoms with Crippen LogP contribution in [-0.2, 0) is 33.0 Å². The van der Waals surface area contributed by atoms with E-state index in [9.17, 15) is 13.2 Å². The molecule has 0 radical (unpaired) electrons. The summed E-state index contributed by atoms with van der Waals surface area (Å²) >= 11 is 0. The Kier molecular flexibility index (Phi) is 4.31. The predicted octanol–water partition coefficient (Wildman–Crippen LogP) is 1.38. The third kappa shape index (κ3) is 3.13. The van der Waals surface area contributed by atoms with E-state index in [4.69, 9.17) is 9.39 Å². The highest BCUT2D eigenvalue weighted by Gasteiger charge is 2.53. The number of nitrogens with zero attached hydrogens (tertiary/aromatic N) is 5. The Morgan fingerprint density at radius 1 is 1.30 bits per heavy atom. The number of benzene rings is 1. The van der Waals surface area contributed by atoms with Crippen LogP contribution in [0.3, 0.4) is 0 Å². The lowest BCUT2D eigenvalue weighted by molar-refractivity contribution is -0.0316. The molecule has 30 heavy (non-hydrogen) atoms. The van der Waals surface area contributed by atoms with Crippen molar-refractivity contribution in [1.82, 2.24) is 19.7 Å². The minimum atomic E-state index is -4.86. The largest absolute Gasteiger partial charge is 0.418 e. The van der Waals surface area contributed by atoms with E-state index in [-0.39, 0.29) is 12.6 Å². The van der Waals surface area contributed by atoms with Crippen molar-refractivity contribution < 1.29 is 26.9 Å². The maximum Gasteiger partial charge on any atom is 0.418 e. The molecule has 1 fully saturated rings. The Bertz CT molecular complexity index is 1130. The van der Waals surface area contributed by atoms with Gasteiger partial charge in [-0.25, -0.2) is 4.79 Å². The lowest BCUT2D eigenvalue weighted by Crippen LogP contribution is -2.39. The first-order valence-electron chi connectivity index (χ1n) is 9.37. The number of carbonyl (C=O) groups is 1. The molecule has 4 heterocycles. The van der Waals surface area contributed by atoms with Crippen molar-refractivity contribution in [3.63, 3.8) is 0 Å². The first-order chi connectivity index (χ1) is 14.3. The summed E-state index contributed by atoms with van der Waals surface area (Å²) in [6, 6.07) is 7.95. The van der Waals surface area contributed by atoms with Gasteiger partial charge in [0, 0.05) is 25.5 Å². The maximum absolute atomic E-state index is 12.9. The number of aromatic nitrogens is 2. The van der Waals surface area contributed by atoms with Crippen LogP contribution in [0.25, 0.3) is 0 Å². The molecule has 1 saturated heterocycles. The minimum Gasteiger partial charge on any atom is -0.392 e. The fourth-order valence-electron chi connectivity index (χ4n) is 4.36. The topological polar surface area (TPSA) is 127 Å². The lowest BCUT2D eigenvalue weighted by Gasteiger charge is -2.30. The molecule has 2 bridgehead atoms. The fourth-order valence-corrected chi connectivity index (χ4v) is 4.73. The van der Waals surface area contributed by atoms with E-state index in [2.05, 4.69) is 14.5 Å². The molecule has 0 spiro atoms. The third-order valence-electron chi connectivity index (χ3n) is 5.58. The highest BCUT2D eigenvalue weighted by atomic mass is 32.3. The number of oxime groups is 1. The van der Waals surface area contributed by atoms with Crippen molar-refractivity contribution in [2.24, 2.45) is 12.2 Å². The first kappa shape index (κ1) is 19.0. The van der Waals surface area contributed by atoms with Crippen molar-refractivity contribution in [3.05, 3.63) is 53.3 Å². The van der Waals surface area contributed by atoms with Gasteiger partial charge < -0.3 is 9.74 Å². The van der Waals surface area contributed by atoms with E-state index in [1.165, 1.54) is 4.90 Å². The molecule has 5 rings (SSSR count). The average Bonchev–Trinajstić information content (AvgIpc) is 3.38. The molecular weight excluding hydrogens is 414 g/mol. The van der Waals surface area contributed by atoms with Gasteiger partial charge in [-0.05, 0) is 5.56 Å². The zero-order valence-electron chi connectivity index (χ0n) is 16.0. The quantitative estimate of drug-likeness (QED) is 0.706. The number of urea groups is 1. The Balaban J connectivity index is 1.44. The highest BCUT2D eigenvalue weighted by molar-refractivity contribution is 7.80. The molecule has 158 valence electrons. The second kappa shape index (κ2) is 6.79. The van der Waals surface area contributed by atoms with Crippen LogP contribution in [0.4, 0.5) is 4.79 Å². The standard InChI is InChI=1S/C18H19N5O6S/c1-21-16-13(9-19-21)15-10-22(18(24)23(15)29-30(25,26)27)17(16)14-8-12(28-20-14)7-11-5-3-2-4-6-11/h2-6,9,12,15,17H,7-8,10H2,1H3,(H,25,26,27)/t12?,15-,17-/m1/s1. The highest BCUT2D eigenvalue weighted by Crippen LogP contribution is 2.45. The van der Waals surface area contributed by atoms with Gasteiger partial charge in [0.15, 0.2) is 0 Å². The van der Waals surface area contributed by atoms with E-state index >= 15 is 0 Å². The van der Waals surface area contributed by atoms with Crippen LogP contribution in [0.1, 0.15) is 35.3 Å². The zero-order chi connectivity index (χ0) is 21.0. The molecule has 2 amide bonds. The lowest BCUT2D eigenvalue weighted by atomic mass is 9.92. The van der Waals surface area contributed by atoms with Crippen LogP contribution in [0.2, 0.25) is 0 Å². The molecule has 3 aliphatic heterocycles. The normalized spacial score (nSPS) is 25.3. The van der Waals surface area contributed by atoms with Crippen molar-refractivity contribution in [2.45, 2.75) is 31.0 Å². The number of hydroxylamine groups is 2. The number of rotatable bonds is 5. The molecule has 1 aromatic carbocycles. The second-order valence-corrected chi connectivity index (χ2v) is 8.50. The summed E-state index contributed by atoms with van der Waals surface area (Å²) in [5, 5.41) is 9.21. The van der Waals surface area contributed by atoms with Gasteiger partial charge in [-0.15, -0.1) is 4.28 Å². The van der Waals surface area contributed by atoms with Crippen LogP contribution >= 0.6 is 0 Å². The molecule has 0 aliphatic carbocycles. The van der Waals surface area contributed by atoms with Crippen LogP contribution in [0.15, 0.2) is 41.7 Å². The smallest absolute Gasteiger partial charge is 0.392 e. The van der Waals surface area contributed by atoms with Crippen LogP contribution in [0.5, 0.6) is 0 Å². The minimum absolute atomic E-state index is 0.167. The summed E-state index contributed by atoms with van der Waals surface area (Å²) < 4.78 is 37.8. The van der Waals surface area contributed by atoms with Crippen molar-refractivity contribution in [2.75, 3.05) is 6.54 Å². The van der Waals surface area contributed by atoms with Crippen molar-refractivity contribution in [1.29, 1.82) is 0 Å². The first-order valence-corrected chi connectivity index (χ1v) is 10.7. The van der Waals surface area contributed by atoms with Gasteiger partial charge in [0.05, 0.1) is 24.1 Å². The van der Waals surface area contributed by atoms with Gasteiger partial charge in [0.2, 0.25) is 0 Å². The van der Waals surface area contributed by atoms with Gasteiger partial charge in [-0.3, -0.25) is 9.23 Å². The number of hydrogen-bond acceptors (Lipinski definition) is 7. The molecule has 1 unspecified atom stereocenters. The second-order valence-electron chi connectivity index (χ2n) is 7.49. The summed E-state index contributed by atoms with van der Waals surface area (Å²) in [5.74, 6) is 0. The number of hydrogen-bond donors (Lipinski definition) is 1. The molecular formula is C18H19N5O6S. The molecule has 12 heteroatoms. The Morgan fingerprint density at radius 2 is 2.07 bits per heavy atom. The summed E-state index contributed by atoms with van der Waals surface area (Å²) in [4.78, 5) is 20.0. The Labute approximate surface area is 172 Å². The molecule has 2 aromatic rings. The van der Waals surface area contributed by atoms with Crippen molar-refractivity contribution in [3.8, 4) is 0 Å². The van der Waals surface area contributed by atoms with Crippen LogP contribution in [0, 0.1) is 0 Å². The van der Waals surface area contributed by atoms with Crippen molar-refractivity contribution >= 4 is 22.1 Å². The Morgan fingerprint density at radius 3 is 2.80 bits per heavy atom. The van der Waals surface area contributed by atoms with E-state index in [0.717, 1.165) is 5.56 Å². The predicted molar refractivity (Wildman–Crippen MR) is 102 cm³/mol. The Hall–Kier alpha value is -2.96. The van der Waals surface area contributed by atoms with E-state index < -0.39 is 28.5 Å². The summed E-state index contributed by atoms with van der Waals surface area (Å²) in [7, 11) is -3.11. The van der Waals surface area contributed by atoms with E-state index in [0.29, 0.717) is 34.9 Å². The summed E-state index contributed by atoms with van der Waals surface area (Å²) in [6.07, 6.45) is 2.59. The molecule has 1 N–H and O–H groups in total. The molecule has 11 nitrogen and oxygen atoms in total. The third-order valence-corrected chi connectivity index (χ3v) is 5.93. The number of aryl methyl sites for hydroxylation is 1. The van der Waals surface area contributed by atoms with Gasteiger partial charge in [0.25, 0.3) is 0 Å². The fraction of sp³-hybridized carbons (Fsp3) is 0.389. The summed E-state index contributed by atoms with van der Waals surface area (Å²) in [6.45, 7) is 0.181. The summed E-state index contributed by atoms with van der Waals surface area (Å²) in [5.41, 5.74) is 3.13.